The maximum atomic E-state index is 13.3. The summed E-state index contributed by atoms with van der Waals surface area (Å²) in [6.07, 6.45) is 3.26. The van der Waals surface area contributed by atoms with Crippen molar-refractivity contribution in [3.63, 3.8) is 0 Å². The van der Waals surface area contributed by atoms with Crippen LogP contribution in [0.3, 0.4) is 0 Å². The van der Waals surface area contributed by atoms with Gasteiger partial charge in [0.05, 0.1) is 35.4 Å². The molecule has 1 aliphatic heterocycles. The van der Waals surface area contributed by atoms with Crippen molar-refractivity contribution in [2.24, 2.45) is 0 Å². The molecule has 3 aromatic heterocycles. The summed E-state index contributed by atoms with van der Waals surface area (Å²) in [4.78, 5) is 27.7. The fourth-order valence-corrected chi connectivity index (χ4v) is 3.61. The van der Waals surface area contributed by atoms with Crippen LogP contribution in [0.5, 0.6) is 0 Å². The van der Waals surface area contributed by atoms with Crippen LogP contribution in [0.4, 0.5) is 5.82 Å². The van der Waals surface area contributed by atoms with E-state index in [1.54, 1.807) is 24.4 Å². The Morgan fingerprint density at radius 1 is 1.13 bits per heavy atom. The van der Waals surface area contributed by atoms with Crippen molar-refractivity contribution in [3.05, 3.63) is 70.4 Å². The molecule has 0 unspecified atom stereocenters. The highest BCUT2D eigenvalue weighted by atomic mass is 16.5. The van der Waals surface area contributed by atoms with Crippen LogP contribution in [0, 0.1) is 11.3 Å². The largest absolute Gasteiger partial charge is 0.378 e. The van der Waals surface area contributed by atoms with Crippen molar-refractivity contribution in [2.45, 2.75) is 0 Å². The number of benzene rings is 1. The van der Waals surface area contributed by atoms with Crippen LogP contribution >= 0.6 is 0 Å². The minimum absolute atomic E-state index is 0.231. The first-order chi connectivity index (χ1) is 14.7. The Hall–Kier alpha value is -3.96. The highest BCUT2D eigenvalue weighted by Crippen LogP contribution is 2.23. The molecular weight excluding hydrogens is 380 g/mol. The first kappa shape index (κ1) is 18.1. The number of rotatable bonds is 3. The molecule has 1 N–H and O–H groups in total. The lowest BCUT2D eigenvalue weighted by molar-refractivity contribution is 0.122. The maximum Gasteiger partial charge on any atom is 0.267 e. The number of allylic oxidation sites excluding steroid dienone is 1. The van der Waals surface area contributed by atoms with E-state index in [1.807, 2.05) is 35.2 Å². The monoisotopic (exact) mass is 398 g/mol. The van der Waals surface area contributed by atoms with Crippen molar-refractivity contribution >= 4 is 34.1 Å². The number of fused-ring (bicyclic) bond motifs is 2. The summed E-state index contributed by atoms with van der Waals surface area (Å²) in [5.41, 5.74) is 2.55. The number of hydrogen-bond donors (Lipinski definition) is 1. The van der Waals surface area contributed by atoms with Crippen LogP contribution in [-0.4, -0.2) is 45.7 Å². The molecule has 5 rings (SSSR count). The minimum atomic E-state index is -0.231. The number of imidazole rings is 1. The van der Waals surface area contributed by atoms with Crippen LogP contribution in [-0.2, 0) is 4.74 Å². The number of nitrogens with one attached hydrogen (secondary N) is 1. The van der Waals surface area contributed by atoms with Crippen molar-refractivity contribution in [1.29, 1.82) is 5.26 Å². The van der Waals surface area contributed by atoms with Gasteiger partial charge in [-0.25, -0.2) is 9.97 Å². The zero-order valence-corrected chi connectivity index (χ0v) is 16.1. The Morgan fingerprint density at radius 2 is 1.93 bits per heavy atom. The molecule has 8 heteroatoms. The van der Waals surface area contributed by atoms with Gasteiger partial charge in [-0.15, -0.1) is 0 Å². The van der Waals surface area contributed by atoms with E-state index in [0.717, 1.165) is 11.0 Å². The van der Waals surface area contributed by atoms with Gasteiger partial charge in [0.2, 0.25) is 0 Å². The van der Waals surface area contributed by atoms with E-state index >= 15 is 0 Å². The average Bonchev–Trinajstić information content (AvgIpc) is 3.23. The first-order valence-electron chi connectivity index (χ1n) is 9.65. The molecule has 0 radical (unpaired) electrons. The summed E-state index contributed by atoms with van der Waals surface area (Å²) in [6, 6.07) is 15.2. The van der Waals surface area contributed by atoms with Gasteiger partial charge in [-0.1, -0.05) is 18.2 Å². The van der Waals surface area contributed by atoms with Gasteiger partial charge in [0.1, 0.15) is 23.4 Å². The van der Waals surface area contributed by atoms with Crippen LogP contribution in [0.2, 0.25) is 0 Å². The second kappa shape index (κ2) is 7.46. The molecule has 1 saturated heterocycles. The van der Waals surface area contributed by atoms with E-state index < -0.39 is 0 Å². The predicted molar refractivity (Wildman–Crippen MR) is 114 cm³/mol. The third-order valence-electron chi connectivity index (χ3n) is 5.11. The summed E-state index contributed by atoms with van der Waals surface area (Å²) in [6.45, 7) is 2.38. The molecule has 0 amide bonds. The third-order valence-corrected chi connectivity index (χ3v) is 5.11. The molecule has 1 aliphatic rings. The summed E-state index contributed by atoms with van der Waals surface area (Å²) >= 11 is 0. The summed E-state index contributed by atoms with van der Waals surface area (Å²) < 4.78 is 6.94. The number of nitriles is 1. The van der Waals surface area contributed by atoms with E-state index in [9.17, 15) is 10.1 Å². The van der Waals surface area contributed by atoms with E-state index in [2.05, 4.69) is 16.0 Å². The number of para-hydroxylation sites is 2. The third kappa shape index (κ3) is 3.11. The molecule has 148 valence electrons. The molecule has 0 bridgehead atoms. The average molecular weight is 398 g/mol. The van der Waals surface area contributed by atoms with Crippen LogP contribution in [0.1, 0.15) is 11.4 Å². The first-order valence-corrected chi connectivity index (χ1v) is 9.65. The van der Waals surface area contributed by atoms with Crippen molar-refractivity contribution < 1.29 is 4.74 Å². The van der Waals surface area contributed by atoms with Gasteiger partial charge in [0, 0.05) is 19.3 Å². The predicted octanol–water partition coefficient (Wildman–Crippen LogP) is 2.47. The smallest absolute Gasteiger partial charge is 0.267 e. The van der Waals surface area contributed by atoms with Gasteiger partial charge in [-0.2, -0.15) is 5.26 Å². The second-order valence-electron chi connectivity index (χ2n) is 6.95. The molecular formula is C22H18N6O2. The molecule has 1 aromatic carbocycles. The Kier molecular flexibility index (Phi) is 4.50. The lowest BCUT2D eigenvalue weighted by Crippen LogP contribution is -2.38. The van der Waals surface area contributed by atoms with Gasteiger partial charge in [0.15, 0.2) is 0 Å². The number of anilines is 1. The fourth-order valence-electron chi connectivity index (χ4n) is 3.61. The quantitative estimate of drug-likeness (QED) is 0.532. The Bertz CT molecular complexity index is 1340. The molecule has 4 heterocycles. The SMILES string of the molecule is N#CC(=Cc1c(N2CCOCC2)nc2ccccn2c1=O)c1nc2ccccc2[nH]1. The number of nitrogens with zero attached hydrogens (tertiary/aromatic N) is 5. The second-order valence-corrected chi connectivity index (χ2v) is 6.95. The molecule has 30 heavy (non-hydrogen) atoms. The number of H-pyrrole nitrogens is 1. The van der Waals surface area contributed by atoms with E-state index in [-0.39, 0.29) is 11.1 Å². The lowest BCUT2D eigenvalue weighted by atomic mass is 10.1. The maximum absolute atomic E-state index is 13.3. The normalized spacial score (nSPS) is 14.9. The molecule has 1 fully saturated rings. The molecule has 8 nitrogen and oxygen atoms in total. The van der Waals surface area contributed by atoms with Gasteiger partial charge < -0.3 is 14.6 Å². The van der Waals surface area contributed by atoms with E-state index in [0.29, 0.717) is 49.2 Å². The highest BCUT2D eigenvalue weighted by molar-refractivity contribution is 5.92. The van der Waals surface area contributed by atoms with E-state index in [1.165, 1.54) is 4.40 Å². The molecule has 0 saturated carbocycles. The number of hydrogen-bond acceptors (Lipinski definition) is 6. The summed E-state index contributed by atoms with van der Waals surface area (Å²) in [5, 5.41) is 9.83. The van der Waals surface area contributed by atoms with Gasteiger partial charge in [0.25, 0.3) is 5.56 Å². The summed E-state index contributed by atoms with van der Waals surface area (Å²) in [7, 11) is 0. The van der Waals surface area contributed by atoms with Crippen molar-refractivity contribution in [2.75, 3.05) is 31.2 Å². The van der Waals surface area contributed by atoms with E-state index in [4.69, 9.17) is 9.72 Å². The number of pyridine rings is 1. The van der Waals surface area contributed by atoms with Crippen LogP contribution in [0.15, 0.2) is 53.5 Å². The Balaban J connectivity index is 1.72. The number of aromatic nitrogens is 4. The summed E-state index contributed by atoms with van der Waals surface area (Å²) in [5.74, 6) is 0.975. The van der Waals surface area contributed by atoms with Gasteiger partial charge >= 0.3 is 0 Å². The molecule has 0 spiro atoms. The molecule has 0 aliphatic carbocycles. The van der Waals surface area contributed by atoms with Crippen molar-refractivity contribution in [1.82, 2.24) is 19.4 Å². The minimum Gasteiger partial charge on any atom is -0.378 e. The number of aromatic amines is 1. The topological polar surface area (TPSA) is 99.3 Å². The Labute approximate surface area is 171 Å². The number of morpholine rings is 1. The van der Waals surface area contributed by atoms with Crippen LogP contribution in [0.25, 0.3) is 28.3 Å². The van der Waals surface area contributed by atoms with Gasteiger partial charge in [-0.3, -0.25) is 9.20 Å². The zero-order chi connectivity index (χ0) is 20.5. The highest BCUT2D eigenvalue weighted by Gasteiger charge is 2.20. The van der Waals surface area contributed by atoms with Crippen molar-refractivity contribution in [3.8, 4) is 6.07 Å². The molecule has 0 atom stereocenters. The number of ether oxygens (including phenoxy) is 1. The van der Waals surface area contributed by atoms with Crippen LogP contribution < -0.4 is 10.5 Å². The molecule has 4 aromatic rings. The fraction of sp³-hybridized carbons (Fsp3) is 0.182. The standard InChI is InChI=1S/C22H18N6O2/c23-14-15(20-24-17-5-1-2-6-18(17)25-20)13-16-21(27-9-11-30-12-10-27)26-19-7-3-4-8-28(19)22(16)29/h1-8,13H,9-12H2,(H,24,25). The van der Waals surface area contributed by atoms with Gasteiger partial charge in [-0.05, 0) is 30.3 Å². The Morgan fingerprint density at radius 3 is 2.73 bits per heavy atom. The zero-order valence-electron chi connectivity index (χ0n) is 16.1. The lowest BCUT2D eigenvalue weighted by Gasteiger charge is -2.29.